The maximum absolute atomic E-state index is 3.96. The summed E-state index contributed by atoms with van der Waals surface area (Å²) in [5.41, 5.74) is 1.95. The van der Waals surface area contributed by atoms with Crippen LogP contribution in [0.4, 0.5) is 0 Å². The highest BCUT2D eigenvalue weighted by molar-refractivity contribution is 5.34. The van der Waals surface area contributed by atoms with Crippen LogP contribution in [0.2, 0.25) is 0 Å². The zero-order valence-corrected chi connectivity index (χ0v) is 8.28. The quantitative estimate of drug-likeness (QED) is 0.453. The molecule has 7 nitrogen and oxygen atoms in total. The second-order valence-electron chi connectivity index (χ2n) is 3.12. The zero-order chi connectivity index (χ0) is 10.8. The molecule has 4 aromatic heterocycles. The van der Waals surface area contributed by atoms with Gasteiger partial charge in [-0.05, 0) is 0 Å². The first-order valence-electron chi connectivity index (χ1n) is 4.73. The number of fused-ring (bicyclic) bond motifs is 2. The van der Waals surface area contributed by atoms with E-state index in [4.69, 9.17) is 0 Å². The van der Waals surface area contributed by atoms with Gasteiger partial charge in [0.2, 0.25) is 0 Å². The molecule has 0 radical (unpaired) electrons. The summed E-state index contributed by atoms with van der Waals surface area (Å²) in [6, 6.07) is 3.77. The first-order valence-corrected chi connectivity index (χ1v) is 4.73. The molecule has 0 saturated heterocycles. The van der Waals surface area contributed by atoms with Gasteiger partial charge in [0.1, 0.15) is 12.0 Å². The molecule has 16 heavy (non-hydrogen) atoms. The molecule has 0 atom stereocenters. The second-order valence-corrected chi connectivity index (χ2v) is 3.12. The maximum Gasteiger partial charge on any atom is 0.155 e. The predicted octanol–water partition coefficient (Wildman–Crippen LogP) is 0.720. The highest BCUT2D eigenvalue weighted by atomic mass is 15.4. The lowest BCUT2D eigenvalue weighted by Crippen LogP contribution is -1.81. The van der Waals surface area contributed by atoms with Gasteiger partial charge in [-0.1, -0.05) is 0 Å². The number of imidazole rings is 1. The SMILES string of the molecule is c1cc2[nH]ccn2n1.c1cc2[nH]cnn2n1. The van der Waals surface area contributed by atoms with E-state index in [9.17, 15) is 0 Å². The molecule has 2 N–H and O–H groups in total. The smallest absolute Gasteiger partial charge is 0.155 e. The van der Waals surface area contributed by atoms with Crippen LogP contribution in [0.3, 0.4) is 0 Å². The van der Waals surface area contributed by atoms with Crippen LogP contribution in [0.5, 0.6) is 0 Å². The predicted molar refractivity (Wildman–Crippen MR) is 56.9 cm³/mol. The molecule has 7 heteroatoms. The van der Waals surface area contributed by atoms with Crippen molar-refractivity contribution in [2.24, 2.45) is 0 Å². The van der Waals surface area contributed by atoms with Gasteiger partial charge in [-0.3, -0.25) is 0 Å². The minimum atomic E-state index is 0.921. The first kappa shape index (κ1) is 8.72. The van der Waals surface area contributed by atoms with Gasteiger partial charge in [-0.25, -0.2) is 4.52 Å². The summed E-state index contributed by atoms with van der Waals surface area (Å²) >= 11 is 0. The van der Waals surface area contributed by atoms with E-state index in [1.54, 1.807) is 23.2 Å². The Kier molecular flexibility index (Phi) is 1.93. The molecule has 0 saturated carbocycles. The lowest BCUT2D eigenvalue weighted by molar-refractivity contribution is 0.821. The minimum absolute atomic E-state index is 0.921. The van der Waals surface area contributed by atoms with E-state index in [1.165, 1.54) is 4.63 Å². The summed E-state index contributed by atoms with van der Waals surface area (Å²) in [7, 11) is 0. The van der Waals surface area contributed by atoms with Crippen LogP contribution in [0, 0.1) is 0 Å². The third-order valence-corrected chi connectivity index (χ3v) is 2.12. The van der Waals surface area contributed by atoms with E-state index >= 15 is 0 Å². The number of rotatable bonds is 0. The highest BCUT2D eigenvalue weighted by Gasteiger charge is 1.88. The Morgan fingerprint density at radius 3 is 2.69 bits per heavy atom. The Hall–Kier alpha value is -2.57. The Labute approximate surface area is 89.7 Å². The maximum atomic E-state index is 3.96. The van der Waals surface area contributed by atoms with Crippen LogP contribution >= 0.6 is 0 Å². The molecule has 0 aliphatic carbocycles. The summed E-state index contributed by atoms with van der Waals surface area (Å²) in [5.74, 6) is 0. The molecule has 4 rings (SSSR count). The fourth-order valence-electron chi connectivity index (χ4n) is 1.38. The third kappa shape index (κ3) is 1.44. The van der Waals surface area contributed by atoms with Gasteiger partial charge in [-0.15, -0.1) is 9.73 Å². The normalized spacial score (nSPS) is 10.5. The van der Waals surface area contributed by atoms with Crippen LogP contribution in [0.15, 0.2) is 43.2 Å². The largest absolute Gasteiger partial charge is 0.345 e. The van der Waals surface area contributed by atoms with Crippen molar-refractivity contribution in [1.29, 1.82) is 0 Å². The van der Waals surface area contributed by atoms with Crippen LogP contribution < -0.4 is 0 Å². The first-order chi connectivity index (χ1) is 7.93. The molecular weight excluding hydrogens is 206 g/mol. The van der Waals surface area contributed by atoms with Gasteiger partial charge in [-0.2, -0.15) is 10.2 Å². The average molecular weight is 215 g/mol. The van der Waals surface area contributed by atoms with Crippen molar-refractivity contribution >= 4 is 11.3 Å². The van der Waals surface area contributed by atoms with E-state index in [-0.39, 0.29) is 0 Å². The molecule has 0 aromatic carbocycles. The number of nitrogens with one attached hydrogen (secondary N) is 2. The van der Waals surface area contributed by atoms with Crippen molar-refractivity contribution in [3.05, 3.63) is 43.2 Å². The summed E-state index contributed by atoms with van der Waals surface area (Å²) in [6.45, 7) is 0. The van der Waals surface area contributed by atoms with Gasteiger partial charge in [0, 0.05) is 24.5 Å². The van der Waals surface area contributed by atoms with Crippen molar-refractivity contribution in [3.63, 3.8) is 0 Å². The summed E-state index contributed by atoms with van der Waals surface area (Å²) in [4.78, 5) is 5.89. The number of hydrogen-bond acceptors (Lipinski definition) is 3. The van der Waals surface area contributed by atoms with Crippen molar-refractivity contribution in [1.82, 2.24) is 34.4 Å². The number of H-pyrrole nitrogens is 2. The van der Waals surface area contributed by atoms with Crippen LogP contribution in [0.1, 0.15) is 0 Å². The number of aromatic nitrogens is 7. The third-order valence-electron chi connectivity index (χ3n) is 2.12. The Bertz CT molecular complexity index is 519. The molecule has 0 aliphatic rings. The van der Waals surface area contributed by atoms with Crippen molar-refractivity contribution in [2.75, 3.05) is 0 Å². The summed E-state index contributed by atoms with van der Waals surface area (Å²) < 4.78 is 3.31. The zero-order valence-electron chi connectivity index (χ0n) is 8.28. The van der Waals surface area contributed by atoms with E-state index in [2.05, 4.69) is 25.3 Å². The van der Waals surface area contributed by atoms with Crippen molar-refractivity contribution < 1.29 is 0 Å². The fraction of sp³-hybridized carbons (Fsp3) is 0. The Morgan fingerprint density at radius 1 is 0.938 bits per heavy atom. The van der Waals surface area contributed by atoms with E-state index in [1.807, 2.05) is 24.5 Å². The lowest BCUT2D eigenvalue weighted by atomic mass is 10.7. The molecule has 4 aromatic rings. The van der Waals surface area contributed by atoms with E-state index in [0.29, 0.717) is 0 Å². The summed E-state index contributed by atoms with van der Waals surface area (Å²) in [6.07, 6.45) is 8.77. The molecular formula is C9H9N7. The molecule has 0 spiro atoms. The highest BCUT2D eigenvalue weighted by Crippen LogP contribution is 1.94. The number of hydrogen-bond donors (Lipinski definition) is 2. The van der Waals surface area contributed by atoms with Gasteiger partial charge in [0.25, 0.3) is 0 Å². The molecule has 80 valence electrons. The molecule has 0 aliphatic heterocycles. The molecule has 4 heterocycles. The monoisotopic (exact) mass is 215 g/mol. The van der Waals surface area contributed by atoms with E-state index in [0.717, 1.165) is 11.3 Å². The minimum Gasteiger partial charge on any atom is -0.345 e. The van der Waals surface area contributed by atoms with Gasteiger partial charge in [0.05, 0.1) is 12.4 Å². The molecule has 0 bridgehead atoms. The fourth-order valence-corrected chi connectivity index (χ4v) is 1.38. The second kappa shape index (κ2) is 3.54. The lowest BCUT2D eigenvalue weighted by Gasteiger charge is -1.72. The average Bonchev–Trinajstić information content (AvgIpc) is 2.99. The molecule has 0 amide bonds. The van der Waals surface area contributed by atoms with Crippen LogP contribution in [-0.2, 0) is 0 Å². The van der Waals surface area contributed by atoms with Gasteiger partial charge >= 0.3 is 0 Å². The number of nitrogens with zero attached hydrogens (tertiary/aromatic N) is 5. The Morgan fingerprint density at radius 2 is 1.81 bits per heavy atom. The molecule has 0 fully saturated rings. The van der Waals surface area contributed by atoms with Crippen molar-refractivity contribution in [3.8, 4) is 0 Å². The van der Waals surface area contributed by atoms with Crippen molar-refractivity contribution in [2.45, 2.75) is 0 Å². The van der Waals surface area contributed by atoms with Gasteiger partial charge < -0.3 is 9.97 Å². The van der Waals surface area contributed by atoms with Gasteiger partial charge in [0.15, 0.2) is 5.65 Å². The van der Waals surface area contributed by atoms with E-state index < -0.39 is 0 Å². The van der Waals surface area contributed by atoms with Crippen LogP contribution in [-0.4, -0.2) is 34.4 Å². The van der Waals surface area contributed by atoms with Crippen LogP contribution in [0.25, 0.3) is 11.3 Å². The standard InChI is InChI=1S/C5H5N3.C4H4N4/c1-2-7-8-4-3-6-5(1)8;1-2-6-8-4(1)5-3-7-8/h1-4,6H;1-3H,(H,5,7). The topological polar surface area (TPSA) is 79.1 Å². The Balaban J connectivity index is 0.000000101. The summed E-state index contributed by atoms with van der Waals surface area (Å²) in [5, 5.41) is 11.6. The molecule has 0 unspecified atom stereocenters. The number of aromatic amines is 2.